The van der Waals surface area contributed by atoms with Gasteiger partial charge in [0.25, 0.3) is 0 Å². The van der Waals surface area contributed by atoms with Crippen molar-refractivity contribution in [1.29, 1.82) is 0 Å². The van der Waals surface area contributed by atoms with Crippen LogP contribution < -0.4 is 5.32 Å². The second-order valence-corrected chi connectivity index (χ2v) is 6.20. The van der Waals surface area contributed by atoms with Crippen LogP contribution in [0.5, 0.6) is 0 Å². The van der Waals surface area contributed by atoms with E-state index in [4.69, 9.17) is 0 Å². The summed E-state index contributed by atoms with van der Waals surface area (Å²) in [6, 6.07) is 0.355. The van der Waals surface area contributed by atoms with Crippen LogP contribution in [0.15, 0.2) is 15.2 Å². The van der Waals surface area contributed by atoms with E-state index in [0.29, 0.717) is 6.04 Å². The quantitative estimate of drug-likeness (QED) is 0.856. The van der Waals surface area contributed by atoms with Crippen LogP contribution in [-0.4, -0.2) is 31.6 Å². The molecule has 1 rings (SSSR count). The minimum atomic E-state index is 0.165. The molecule has 0 aliphatic rings. The van der Waals surface area contributed by atoms with Gasteiger partial charge < -0.3 is 10.2 Å². The summed E-state index contributed by atoms with van der Waals surface area (Å²) in [5.74, 6) is 0. The molecule has 98 valence electrons. The Morgan fingerprint density at radius 2 is 1.94 bits per heavy atom. The monoisotopic (exact) mass is 318 g/mol. The van der Waals surface area contributed by atoms with Gasteiger partial charge in [-0.2, -0.15) is 11.3 Å². The Balaban J connectivity index is 3.19. The van der Waals surface area contributed by atoms with E-state index in [0.717, 1.165) is 12.8 Å². The molecule has 17 heavy (non-hydrogen) atoms. The summed E-state index contributed by atoms with van der Waals surface area (Å²) in [6.45, 7) is 4.54. The van der Waals surface area contributed by atoms with Crippen LogP contribution in [0, 0.1) is 0 Å². The molecule has 0 saturated heterocycles. The highest BCUT2D eigenvalue weighted by molar-refractivity contribution is 9.10. The lowest BCUT2D eigenvalue weighted by atomic mass is 9.80. The third kappa shape index (κ3) is 2.75. The van der Waals surface area contributed by atoms with Crippen molar-refractivity contribution in [3.63, 3.8) is 0 Å². The maximum Gasteiger partial charge on any atom is 0.0523 e. The molecule has 0 aromatic carbocycles. The molecule has 0 radical (unpaired) electrons. The zero-order valence-electron chi connectivity index (χ0n) is 11.4. The summed E-state index contributed by atoms with van der Waals surface area (Å²) >= 11 is 5.41. The second kappa shape index (κ2) is 6.32. The first-order valence-corrected chi connectivity index (χ1v) is 7.83. The van der Waals surface area contributed by atoms with Crippen molar-refractivity contribution in [3.05, 3.63) is 20.8 Å². The Morgan fingerprint density at radius 1 is 1.35 bits per heavy atom. The van der Waals surface area contributed by atoms with Gasteiger partial charge >= 0.3 is 0 Å². The number of nitrogens with zero attached hydrogens (tertiary/aromatic N) is 1. The molecule has 0 aliphatic heterocycles. The van der Waals surface area contributed by atoms with Crippen molar-refractivity contribution in [3.8, 4) is 0 Å². The molecule has 0 fully saturated rings. The lowest BCUT2D eigenvalue weighted by Crippen LogP contribution is -2.52. The number of halogens is 1. The van der Waals surface area contributed by atoms with Crippen LogP contribution >= 0.6 is 27.3 Å². The fraction of sp³-hybridized carbons (Fsp3) is 0.692. The van der Waals surface area contributed by atoms with E-state index in [9.17, 15) is 0 Å². The molecule has 1 atom stereocenters. The van der Waals surface area contributed by atoms with E-state index in [2.05, 4.69) is 71.9 Å². The predicted molar refractivity (Wildman–Crippen MR) is 80.8 cm³/mol. The highest BCUT2D eigenvalue weighted by Gasteiger charge is 2.38. The summed E-state index contributed by atoms with van der Waals surface area (Å²) < 4.78 is 1.22. The number of nitrogens with one attached hydrogen (secondary N) is 1. The molecule has 1 aromatic rings. The van der Waals surface area contributed by atoms with Crippen LogP contribution in [0.3, 0.4) is 0 Å². The largest absolute Gasteiger partial charge is 0.311 e. The fourth-order valence-electron chi connectivity index (χ4n) is 2.76. The number of thiophene rings is 1. The minimum absolute atomic E-state index is 0.165. The summed E-state index contributed by atoms with van der Waals surface area (Å²) in [6.07, 6.45) is 2.26. The Kier molecular flexibility index (Phi) is 5.64. The summed E-state index contributed by atoms with van der Waals surface area (Å²) in [5.41, 5.74) is 1.54. The van der Waals surface area contributed by atoms with Gasteiger partial charge in [0.2, 0.25) is 0 Å². The van der Waals surface area contributed by atoms with Crippen LogP contribution in [0.1, 0.15) is 38.3 Å². The zero-order valence-corrected chi connectivity index (χ0v) is 13.8. The van der Waals surface area contributed by atoms with Crippen molar-refractivity contribution < 1.29 is 0 Å². The van der Waals surface area contributed by atoms with Crippen LogP contribution in [-0.2, 0) is 0 Å². The van der Waals surface area contributed by atoms with Gasteiger partial charge in [0, 0.05) is 15.4 Å². The molecule has 2 nitrogen and oxygen atoms in total. The standard InChI is InChI=1S/C13H23BrN2S/c1-6-13(7-2,16(4)5)12(15-3)10-8-17-9-11(10)14/h8-9,12,15H,6-7H2,1-5H3. The molecular weight excluding hydrogens is 296 g/mol. The molecule has 1 N–H and O–H groups in total. The van der Waals surface area contributed by atoms with Gasteiger partial charge in [-0.05, 0) is 60.9 Å². The fourth-order valence-corrected chi connectivity index (χ4v) is 4.31. The third-order valence-electron chi connectivity index (χ3n) is 3.89. The first-order chi connectivity index (χ1) is 8.03. The summed E-state index contributed by atoms with van der Waals surface area (Å²) in [5, 5.41) is 7.91. The Labute approximate surface area is 118 Å². The van der Waals surface area contributed by atoms with Gasteiger partial charge in [-0.1, -0.05) is 13.8 Å². The van der Waals surface area contributed by atoms with Gasteiger partial charge in [0.1, 0.15) is 0 Å². The van der Waals surface area contributed by atoms with Crippen LogP contribution in [0.4, 0.5) is 0 Å². The highest BCUT2D eigenvalue weighted by atomic mass is 79.9. The van der Waals surface area contributed by atoms with E-state index in [1.807, 2.05) is 0 Å². The molecule has 0 spiro atoms. The van der Waals surface area contributed by atoms with Gasteiger partial charge in [0.15, 0.2) is 0 Å². The summed E-state index contributed by atoms with van der Waals surface area (Å²) in [7, 11) is 6.41. The van der Waals surface area contributed by atoms with Crippen molar-refractivity contribution >= 4 is 27.3 Å². The first kappa shape index (κ1) is 15.2. The molecule has 4 heteroatoms. The van der Waals surface area contributed by atoms with Gasteiger partial charge in [-0.25, -0.2) is 0 Å². The molecule has 0 bridgehead atoms. The van der Waals surface area contributed by atoms with E-state index < -0.39 is 0 Å². The minimum Gasteiger partial charge on any atom is -0.311 e. The maximum absolute atomic E-state index is 3.66. The lowest BCUT2D eigenvalue weighted by Gasteiger charge is -2.45. The normalized spacial score (nSPS) is 14.3. The Bertz CT molecular complexity index is 345. The van der Waals surface area contributed by atoms with E-state index >= 15 is 0 Å². The SMILES string of the molecule is CCC(CC)(C(NC)c1cscc1Br)N(C)C. The van der Waals surface area contributed by atoms with Crippen molar-refractivity contribution in [2.75, 3.05) is 21.1 Å². The molecular formula is C13H23BrN2S. The van der Waals surface area contributed by atoms with E-state index in [1.54, 1.807) is 11.3 Å². The number of hydrogen-bond acceptors (Lipinski definition) is 3. The Hall–Kier alpha value is 0.1000. The molecule has 0 amide bonds. The number of hydrogen-bond donors (Lipinski definition) is 1. The van der Waals surface area contributed by atoms with Crippen molar-refractivity contribution in [2.45, 2.75) is 38.3 Å². The van der Waals surface area contributed by atoms with Crippen molar-refractivity contribution in [2.24, 2.45) is 0 Å². The third-order valence-corrected chi connectivity index (χ3v) is 5.65. The predicted octanol–water partition coefficient (Wildman–Crippen LogP) is 3.89. The van der Waals surface area contributed by atoms with Crippen molar-refractivity contribution in [1.82, 2.24) is 10.2 Å². The maximum atomic E-state index is 3.66. The average Bonchev–Trinajstić information content (AvgIpc) is 2.72. The number of rotatable bonds is 6. The average molecular weight is 319 g/mol. The van der Waals surface area contributed by atoms with Gasteiger partial charge in [-0.3, -0.25) is 0 Å². The van der Waals surface area contributed by atoms with Gasteiger partial charge in [-0.15, -0.1) is 0 Å². The topological polar surface area (TPSA) is 15.3 Å². The van der Waals surface area contributed by atoms with Crippen LogP contribution in [0.2, 0.25) is 0 Å². The highest BCUT2D eigenvalue weighted by Crippen LogP contribution is 2.39. The molecule has 0 aliphatic carbocycles. The summed E-state index contributed by atoms with van der Waals surface area (Å²) in [4.78, 5) is 2.36. The molecule has 1 unspecified atom stereocenters. The van der Waals surface area contributed by atoms with E-state index in [1.165, 1.54) is 10.0 Å². The second-order valence-electron chi connectivity index (χ2n) is 4.60. The smallest absolute Gasteiger partial charge is 0.0523 e. The Morgan fingerprint density at radius 3 is 2.24 bits per heavy atom. The molecule has 1 aromatic heterocycles. The van der Waals surface area contributed by atoms with Gasteiger partial charge in [0.05, 0.1) is 6.04 Å². The zero-order chi connectivity index (χ0) is 13.1. The molecule has 0 saturated carbocycles. The molecule has 1 heterocycles. The first-order valence-electron chi connectivity index (χ1n) is 6.09. The van der Waals surface area contributed by atoms with E-state index in [-0.39, 0.29) is 5.54 Å². The number of likely N-dealkylation sites (N-methyl/N-ethyl adjacent to an activating group) is 2. The van der Waals surface area contributed by atoms with Crippen LogP contribution in [0.25, 0.3) is 0 Å². The lowest BCUT2D eigenvalue weighted by molar-refractivity contribution is 0.0917.